The van der Waals surface area contributed by atoms with Crippen LogP contribution in [0.3, 0.4) is 0 Å². The van der Waals surface area contributed by atoms with E-state index >= 15 is 0 Å². The second kappa shape index (κ2) is 4.68. The van der Waals surface area contributed by atoms with Gasteiger partial charge in [0.15, 0.2) is 5.78 Å². The number of aliphatic hydroxyl groups excluding tert-OH is 2. The molecule has 0 bridgehead atoms. The highest BCUT2D eigenvalue weighted by atomic mass is 16.4. The molecular weight excluding hydrogens is 200 g/mol. The molecular formula is C10H10O5. The lowest BCUT2D eigenvalue weighted by atomic mass is 10.0. The van der Waals surface area contributed by atoms with E-state index in [-0.39, 0.29) is 11.1 Å². The van der Waals surface area contributed by atoms with Gasteiger partial charge in [0.05, 0.1) is 5.56 Å². The number of aliphatic hydroxyl groups is 2. The van der Waals surface area contributed by atoms with Gasteiger partial charge in [0.1, 0.15) is 12.7 Å². The third-order valence-electron chi connectivity index (χ3n) is 1.91. The number of aromatic carboxylic acids is 1. The molecule has 0 saturated heterocycles. The van der Waals surface area contributed by atoms with Crippen LogP contribution in [-0.4, -0.2) is 33.7 Å². The Balaban J connectivity index is 3.00. The lowest BCUT2D eigenvalue weighted by Crippen LogP contribution is -2.16. The summed E-state index contributed by atoms with van der Waals surface area (Å²) >= 11 is 0. The Labute approximate surface area is 85.6 Å². The number of carboxylic acids is 1. The minimum Gasteiger partial charge on any atom is -0.478 e. The van der Waals surface area contributed by atoms with Crippen LogP contribution in [-0.2, 0) is 4.79 Å². The summed E-state index contributed by atoms with van der Waals surface area (Å²) in [7, 11) is 0. The Morgan fingerprint density at radius 1 is 1.33 bits per heavy atom. The predicted molar refractivity (Wildman–Crippen MR) is 50.5 cm³/mol. The van der Waals surface area contributed by atoms with Gasteiger partial charge in [-0.05, 0) is 17.7 Å². The van der Waals surface area contributed by atoms with Crippen molar-refractivity contribution in [3.63, 3.8) is 0 Å². The van der Waals surface area contributed by atoms with E-state index in [1.54, 1.807) is 0 Å². The fourth-order valence-electron chi connectivity index (χ4n) is 1.11. The van der Waals surface area contributed by atoms with Crippen LogP contribution < -0.4 is 0 Å². The number of carbonyl (C=O) groups excluding carboxylic acids is 1. The van der Waals surface area contributed by atoms with E-state index in [1.807, 2.05) is 0 Å². The fraction of sp³-hybridized carbons (Fsp3) is 0.200. The zero-order valence-electron chi connectivity index (χ0n) is 7.75. The molecule has 0 heterocycles. The first-order chi connectivity index (χ1) is 7.06. The fourth-order valence-corrected chi connectivity index (χ4v) is 1.11. The van der Waals surface area contributed by atoms with Gasteiger partial charge in [0, 0.05) is 0 Å². The number of ketones is 1. The number of Topliss-reactive ketones (excluding diaryl/α,β-unsaturated/α-hetero) is 1. The van der Waals surface area contributed by atoms with Crippen molar-refractivity contribution in [1.29, 1.82) is 0 Å². The summed E-state index contributed by atoms with van der Waals surface area (Å²) in [5, 5.41) is 26.6. The van der Waals surface area contributed by atoms with Crippen LogP contribution in [0.1, 0.15) is 22.0 Å². The van der Waals surface area contributed by atoms with E-state index in [0.717, 1.165) is 0 Å². The monoisotopic (exact) mass is 210 g/mol. The maximum atomic E-state index is 10.9. The van der Waals surface area contributed by atoms with Gasteiger partial charge in [0.25, 0.3) is 0 Å². The van der Waals surface area contributed by atoms with Crippen molar-refractivity contribution in [3.05, 3.63) is 35.4 Å². The molecule has 0 fully saturated rings. The van der Waals surface area contributed by atoms with E-state index in [4.69, 9.17) is 10.2 Å². The smallest absolute Gasteiger partial charge is 0.335 e. The van der Waals surface area contributed by atoms with Crippen LogP contribution in [0.15, 0.2) is 24.3 Å². The SMILES string of the molecule is O=C(O)c1cccc(C(O)C(=O)CO)c1. The molecule has 0 spiro atoms. The van der Waals surface area contributed by atoms with E-state index in [1.165, 1.54) is 24.3 Å². The molecule has 0 aliphatic heterocycles. The molecule has 1 aromatic carbocycles. The van der Waals surface area contributed by atoms with Crippen molar-refractivity contribution >= 4 is 11.8 Å². The number of hydrogen-bond donors (Lipinski definition) is 3. The van der Waals surface area contributed by atoms with Crippen molar-refractivity contribution < 1.29 is 24.9 Å². The quantitative estimate of drug-likeness (QED) is 0.649. The molecule has 0 saturated carbocycles. The lowest BCUT2D eigenvalue weighted by molar-refractivity contribution is -0.130. The topological polar surface area (TPSA) is 94.8 Å². The van der Waals surface area contributed by atoms with Crippen LogP contribution in [0.2, 0.25) is 0 Å². The highest BCUT2D eigenvalue weighted by molar-refractivity contribution is 5.89. The zero-order valence-corrected chi connectivity index (χ0v) is 7.75. The van der Waals surface area contributed by atoms with E-state index in [9.17, 15) is 14.7 Å². The molecule has 1 aromatic rings. The Hall–Kier alpha value is -1.72. The first-order valence-electron chi connectivity index (χ1n) is 4.21. The summed E-state index contributed by atoms with van der Waals surface area (Å²) < 4.78 is 0. The molecule has 0 aliphatic rings. The predicted octanol–water partition coefficient (Wildman–Crippen LogP) is -0.0204. The Kier molecular flexibility index (Phi) is 3.54. The van der Waals surface area contributed by atoms with Gasteiger partial charge in [-0.3, -0.25) is 4.79 Å². The number of hydrogen-bond acceptors (Lipinski definition) is 4. The van der Waals surface area contributed by atoms with Crippen LogP contribution in [0.25, 0.3) is 0 Å². The van der Waals surface area contributed by atoms with E-state index in [2.05, 4.69) is 0 Å². The maximum Gasteiger partial charge on any atom is 0.335 e. The highest BCUT2D eigenvalue weighted by Crippen LogP contribution is 2.15. The molecule has 80 valence electrons. The minimum atomic E-state index is -1.48. The summed E-state index contributed by atoms with van der Waals surface area (Å²) in [5.74, 6) is -1.90. The van der Waals surface area contributed by atoms with Gasteiger partial charge >= 0.3 is 5.97 Å². The van der Waals surface area contributed by atoms with Gasteiger partial charge in [0.2, 0.25) is 0 Å². The summed E-state index contributed by atoms with van der Waals surface area (Å²) in [4.78, 5) is 21.5. The molecule has 3 N–H and O–H groups in total. The Morgan fingerprint density at radius 2 is 2.00 bits per heavy atom. The second-order valence-electron chi connectivity index (χ2n) is 2.96. The maximum absolute atomic E-state index is 10.9. The first-order valence-corrected chi connectivity index (χ1v) is 4.21. The molecule has 0 radical (unpaired) electrons. The van der Waals surface area contributed by atoms with Crippen molar-refractivity contribution in [3.8, 4) is 0 Å². The third-order valence-corrected chi connectivity index (χ3v) is 1.91. The summed E-state index contributed by atoms with van der Waals surface area (Å²) in [6.07, 6.45) is -1.48. The Bertz CT molecular complexity index is 385. The molecule has 0 amide bonds. The number of carboxylic acid groups (broad SMARTS) is 1. The van der Waals surface area contributed by atoms with Crippen LogP contribution >= 0.6 is 0 Å². The average molecular weight is 210 g/mol. The summed E-state index contributed by atoms with van der Waals surface area (Å²) in [6.45, 7) is -0.779. The molecule has 1 rings (SSSR count). The van der Waals surface area contributed by atoms with E-state index < -0.39 is 24.5 Å². The number of rotatable bonds is 4. The Morgan fingerprint density at radius 3 is 2.53 bits per heavy atom. The lowest BCUT2D eigenvalue weighted by Gasteiger charge is -2.08. The molecule has 15 heavy (non-hydrogen) atoms. The average Bonchev–Trinajstić information content (AvgIpc) is 2.27. The minimum absolute atomic E-state index is 0.0164. The van der Waals surface area contributed by atoms with Gasteiger partial charge in [-0.15, -0.1) is 0 Å². The number of carbonyl (C=O) groups is 2. The van der Waals surface area contributed by atoms with Crippen LogP contribution in [0.4, 0.5) is 0 Å². The summed E-state index contributed by atoms with van der Waals surface area (Å²) in [6, 6.07) is 5.39. The molecule has 5 nitrogen and oxygen atoms in total. The van der Waals surface area contributed by atoms with Crippen molar-refractivity contribution in [2.45, 2.75) is 6.10 Å². The van der Waals surface area contributed by atoms with Crippen LogP contribution in [0, 0.1) is 0 Å². The molecule has 0 aromatic heterocycles. The normalized spacial score (nSPS) is 12.1. The summed E-state index contributed by atoms with van der Waals surface area (Å²) in [5.41, 5.74) is 0.145. The first kappa shape index (κ1) is 11.4. The van der Waals surface area contributed by atoms with Crippen LogP contribution in [0.5, 0.6) is 0 Å². The molecule has 1 atom stereocenters. The third kappa shape index (κ3) is 2.61. The van der Waals surface area contributed by atoms with Gasteiger partial charge in [-0.1, -0.05) is 12.1 Å². The highest BCUT2D eigenvalue weighted by Gasteiger charge is 2.17. The largest absolute Gasteiger partial charge is 0.478 e. The molecule has 0 aliphatic carbocycles. The van der Waals surface area contributed by atoms with E-state index in [0.29, 0.717) is 0 Å². The van der Waals surface area contributed by atoms with Crippen molar-refractivity contribution in [1.82, 2.24) is 0 Å². The van der Waals surface area contributed by atoms with Crippen molar-refractivity contribution in [2.24, 2.45) is 0 Å². The van der Waals surface area contributed by atoms with Gasteiger partial charge in [-0.25, -0.2) is 4.79 Å². The van der Waals surface area contributed by atoms with Gasteiger partial charge in [-0.2, -0.15) is 0 Å². The zero-order chi connectivity index (χ0) is 11.4. The van der Waals surface area contributed by atoms with Crippen molar-refractivity contribution in [2.75, 3.05) is 6.61 Å². The molecule has 1 unspecified atom stereocenters. The van der Waals surface area contributed by atoms with Gasteiger partial charge < -0.3 is 15.3 Å². The molecule has 5 heteroatoms. The second-order valence-corrected chi connectivity index (χ2v) is 2.96. The standard InChI is InChI=1S/C10H10O5/c11-5-8(12)9(13)6-2-1-3-7(4-6)10(14)15/h1-4,9,11,13H,5H2,(H,14,15). The number of benzene rings is 1.